The Morgan fingerprint density at radius 2 is 1.83 bits per heavy atom. The lowest BCUT2D eigenvalue weighted by molar-refractivity contribution is 0.0955. The zero-order valence-corrected chi connectivity index (χ0v) is 17.1. The largest absolute Gasteiger partial charge is 0.294 e. The van der Waals surface area contributed by atoms with Gasteiger partial charge in [0.25, 0.3) is 5.91 Å². The molecule has 0 bridgehead atoms. The summed E-state index contributed by atoms with van der Waals surface area (Å²) in [4.78, 5) is 14.7. The molecule has 6 heteroatoms. The van der Waals surface area contributed by atoms with Gasteiger partial charge in [-0.3, -0.25) is 9.69 Å². The van der Waals surface area contributed by atoms with Crippen LogP contribution < -0.4 is 5.43 Å². The van der Waals surface area contributed by atoms with Gasteiger partial charge in [0.05, 0.1) is 11.2 Å². The van der Waals surface area contributed by atoms with Crippen LogP contribution >= 0.6 is 11.6 Å². The number of benzene rings is 3. The third-order valence-corrected chi connectivity index (χ3v) is 5.52. The van der Waals surface area contributed by atoms with Crippen LogP contribution in [0.25, 0.3) is 0 Å². The Morgan fingerprint density at radius 3 is 2.60 bits per heavy atom. The fraction of sp³-hybridized carbons (Fsp3) is 0.167. The minimum Gasteiger partial charge on any atom is -0.294 e. The molecule has 1 aliphatic heterocycles. The Balaban J connectivity index is 1.34. The highest BCUT2D eigenvalue weighted by molar-refractivity contribution is 6.33. The predicted molar refractivity (Wildman–Crippen MR) is 117 cm³/mol. The van der Waals surface area contributed by atoms with Crippen molar-refractivity contribution in [3.05, 3.63) is 105 Å². The number of carbonyl (C=O) groups is 1. The van der Waals surface area contributed by atoms with Crippen LogP contribution in [0, 0.1) is 5.82 Å². The molecule has 0 atom stereocenters. The SMILES string of the molecule is O=C(NN=Cc1c(F)cccc1Cl)c1ccc(CN2CCc3ccccc3C2)cc1. The molecule has 3 aromatic rings. The summed E-state index contributed by atoms with van der Waals surface area (Å²) in [6.07, 6.45) is 2.26. The highest BCUT2D eigenvalue weighted by Gasteiger charge is 2.16. The van der Waals surface area contributed by atoms with Crippen LogP contribution in [0.2, 0.25) is 5.02 Å². The minimum absolute atomic E-state index is 0.137. The molecule has 0 saturated carbocycles. The van der Waals surface area contributed by atoms with Crippen molar-refractivity contribution >= 4 is 23.7 Å². The van der Waals surface area contributed by atoms with Crippen LogP contribution in [-0.4, -0.2) is 23.6 Å². The van der Waals surface area contributed by atoms with E-state index in [0.29, 0.717) is 5.56 Å². The van der Waals surface area contributed by atoms with Crippen molar-refractivity contribution in [3.63, 3.8) is 0 Å². The van der Waals surface area contributed by atoms with Gasteiger partial charge in [-0.25, -0.2) is 9.82 Å². The van der Waals surface area contributed by atoms with Gasteiger partial charge in [-0.05, 0) is 47.4 Å². The van der Waals surface area contributed by atoms with Crippen molar-refractivity contribution in [3.8, 4) is 0 Å². The number of fused-ring (bicyclic) bond motifs is 1. The summed E-state index contributed by atoms with van der Waals surface area (Å²) in [5.41, 5.74) is 6.99. The van der Waals surface area contributed by atoms with Crippen LogP contribution in [0.5, 0.6) is 0 Å². The normalized spacial score (nSPS) is 13.9. The van der Waals surface area contributed by atoms with E-state index in [1.807, 2.05) is 12.1 Å². The highest BCUT2D eigenvalue weighted by Crippen LogP contribution is 2.20. The molecule has 4 rings (SSSR count). The zero-order valence-electron chi connectivity index (χ0n) is 16.3. The predicted octanol–water partition coefficient (Wildman–Crippen LogP) is 4.80. The Hall–Kier alpha value is -3.02. The molecule has 4 nitrogen and oxygen atoms in total. The van der Waals surface area contributed by atoms with Gasteiger partial charge < -0.3 is 0 Å². The van der Waals surface area contributed by atoms with Crippen LogP contribution in [0.3, 0.4) is 0 Å². The number of carbonyl (C=O) groups excluding carboxylic acids is 1. The number of hydrogen-bond acceptors (Lipinski definition) is 3. The maximum atomic E-state index is 13.7. The van der Waals surface area contributed by atoms with E-state index in [-0.39, 0.29) is 16.5 Å². The maximum Gasteiger partial charge on any atom is 0.271 e. The molecule has 0 aromatic heterocycles. The van der Waals surface area contributed by atoms with E-state index in [0.717, 1.165) is 31.6 Å². The summed E-state index contributed by atoms with van der Waals surface area (Å²) < 4.78 is 13.7. The van der Waals surface area contributed by atoms with E-state index in [2.05, 4.69) is 39.7 Å². The molecule has 0 unspecified atom stereocenters. The van der Waals surface area contributed by atoms with Gasteiger partial charge in [0, 0.05) is 30.8 Å². The van der Waals surface area contributed by atoms with Crippen molar-refractivity contribution in [2.24, 2.45) is 5.10 Å². The molecule has 1 aliphatic rings. The first-order chi connectivity index (χ1) is 14.6. The van der Waals surface area contributed by atoms with Gasteiger partial charge in [-0.2, -0.15) is 5.10 Å². The first-order valence-corrected chi connectivity index (χ1v) is 10.1. The van der Waals surface area contributed by atoms with E-state index >= 15 is 0 Å². The van der Waals surface area contributed by atoms with Crippen molar-refractivity contribution in [1.82, 2.24) is 10.3 Å². The molecule has 152 valence electrons. The van der Waals surface area contributed by atoms with Gasteiger partial charge in [0.1, 0.15) is 5.82 Å². The summed E-state index contributed by atoms with van der Waals surface area (Å²) in [6.45, 7) is 2.79. The third-order valence-electron chi connectivity index (χ3n) is 5.19. The molecule has 1 N–H and O–H groups in total. The van der Waals surface area contributed by atoms with Crippen LogP contribution in [0.15, 0.2) is 71.8 Å². The fourth-order valence-electron chi connectivity index (χ4n) is 3.56. The summed E-state index contributed by atoms with van der Waals surface area (Å²) in [5.74, 6) is -0.859. The lowest BCUT2D eigenvalue weighted by Crippen LogP contribution is -2.30. The summed E-state index contributed by atoms with van der Waals surface area (Å²) in [7, 11) is 0. The number of hydrogen-bond donors (Lipinski definition) is 1. The third kappa shape index (κ3) is 4.75. The second-order valence-electron chi connectivity index (χ2n) is 7.26. The van der Waals surface area contributed by atoms with Crippen LogP contribution in [-0.2, 0) is 19.5 Å². The van der Waals surface area contributed by atoms with Crippen molar-refractivity contribution in [2.75, 3.05) is 6.54 Å². The van der Waals surface area contributed by atoms with Crippen molar-refractivity contribution in [1.29, 1.82) is 0 Å². The number of nitrogens with one attached hydrogen (secondary N) is 1. The average Bonchev–Trinajstić information content (AvgIpc) is 2.76. The highest BCUT2D eigenvalue weighted by atomic mass is 35.5. The molecule has 0 fully saturated rings. The van der Waals surface area contributed by atoms with Gasteiger partial charge in [0.15, 0.2) is 0 Å². The smallest absolute Gasteiger partial charge is 0.271 e. The van der Waals surface area contributed by atoms with E-state index in [1.165, 1.54) is 29.5 Å². The van der Waals surface area contributed by atoms with E-state index < -0.39 is 5.82 Å². The molecule has 1 amide bonds. The Kier molecular flexibility index (Phi) is 6.21. The lowest BCUT2D eigenvalue weighted by Gasteiger charge is -2.28. The molecular weight excluding hydrogens is 401 g/mol. The molecular formula is C24H21ClFN3O. The first kappa shape index (κ1) is 20.3. The Bertz CT molecular complexity index is 1060. The van der Waals surface area contributed by atoms with E-state index in [1.54, 1.807) is 18.2 Å². The zero-order chi connectivity index (χ0) is 20.9. The second-order valence-corrected chi connectivity index (χ2v) is 7.67. The monoisotopic (exact) mass is 421 g/mol. The van der Waals surface area contributed by atoms with Gasteiger partial charge in [0.2, 0.25) is 0 Å². The first-order valence-electron chi connectivity index (χ1n) is 9.75. The minimum atomic E-state index is -0.495. The molecule has 0 saturated heterocycles. The second kappa shape index (κ2) is 9.20. The summed E-state index contributed by atoms with van der Waals surface area (Å²) >= 11 is 5.94. The summed E-state index contributed by atoms with van der Waals surface area (Å²) in [6, 6.07) is 20.4. The standard InChI is InChI=1S/C24H21ClFN3O/c25-22-6-3-7-23(26)21(22)14-27-28-24(30)19-10-8-17(9-11-19)15-29-13-12-18-4-1-2-5-20(18)16-29/h1-11,14H,12-13,15-16H2,(H,28,30). The Labute approximate surface area is 180 Å². The molecule has 30 heavy (non-hydrogen) atoms. The molecule has 0 aliphatic carbocycles. The van der Waals surface area contributed by atoms with Crippen molar-refractivity contribution < 1.29 is 9.18 Å². The fourth-order valence-corrected chi connectivity index (χ4v) is 3.77. The van der Waals surface area contributed by atoms with Gasteiger partial charge in [-0.15, -0.1) is 0 Å². The molecule has 3 aromatic carbocycles. The number of amides is 1. The van der Waals surface area contributed by atoms with Crippen LogP contribution in [0.1, 0.15) is 32.6 Å². The van der Waals surface area contributed by atoms with Crippen LogP contribution in [0.4, 0.5) is 4.39 Å². The van der Waals surface area contributed by atoms with Crippen molar-refractivity contribution in [2.45, 2.75) is 19.5 Å². The number of rotatable bonds is 5. The number of halogens is 2. The lowest BCUT2D eigenvalue weighted by atomic mass is 9.99. The average molecular weight is 422 g/mol. The number of hydrazone groups is 1. The number of nitrogens with zero attached hydrogens (tertiary/aromatic N) is 2. The van der Waals surface area contributed by atoms with Gasteiger partial charge >= 0.3 is 0 Å². The molecule has 0 radical (unpaired) electrons. The summed E-state index contributed by atoms with van der Waals surface area (Å²) in [5, 5.41) is 4.05. The van der Waals surface area contributed by atoms with E-state index in [4.69, 9.17) is 11.6 Å². The topological polar surface area (TPSA) is 44.7 Å². The maximum absolute atomic E-state index is 13.7. The molecule has 1 heterocycles. The molecule has 0 spiro atoms. The van der Waals surface area contributed by atoms with E-state index in [9.17, 15) is 9.18 Å². The quantitative estimate of drug-likeness (QED) is 0.475. The Morgan fingerprint density at radius 1 is 1.07 bits per heavy atom. The van der Waals surface area contributed by atoms with Gasteiger partial charge in [-0.1, -0.05) is 54.1 Å².